The highest BCUT2D eigenvalue weighted by Gasteiger charge is 2.27. The van der Waals surface area contributed by atoms with Crippen LogP contribution >= 0.6 is 0 Å². The molecule has 1 N–H and O–H groups in total. The monoisotopic (exact) mass is 416 g/mol. The molecular formula is C21H18F2N2O3S. The van der Waals surface area contributed by atoms with Gasteiger partial charge in [-0.15, -0.1) is 0 Å². The zero-order chi connectivity index (χ0) is 20.9. The normalized spacial score (nSPS) is 11.1. The second kappa shape index (κ2) is 8.83. The van der Waals surface area contributed by atoms with Crippen molar-refractivity contribution in [3.63, 3.8) is 0 Å². The van der Waals surface area contributed by atoms with Crippen molar-refractivity contribution in [1.82, 2.24) is 5.32 Å². The highest BCUT2D eigenvalue weighted by Crippen LogP contribution is 2.24. The predicted octanol–water partition coefficient (Wildman–Crippen LogP) is 3.48. The summed E-state index contributed by atoms with van der Waals surface area (Å²) in [5.74, 6) is -1.66. The van der Waals surface area contributed by atoms with Crippen LogP contribution in [-0.2, 0) is 21.4 Å². The van der Waals surface area contributed by atoms with E-state index in [2.05, 4.69) is 5.32 Å². The van der Waals surface area contributed by atoms with Crippen LogP contribution in [0.25, 0.3) is 0 Å². The molecule has 0 aliphatic rings. The molecule has 0 fully saturated rings. The summed E-state index contributed by atoms with van der Waals surface area (Å²) in [6, 6.07) is 18.1. The van der Waals surface area contributed by atoms with Crippen molar-refractivity contribution in [3.05, 3.63) is 96.1 Å². The van der Waals surface area contributed by atoms with Crippen LogP contribution in [0.3, 0.4) is 0 Å². The number of anilines is 1. The van der Waals surface area contributed by atoms with Crippen molar-refractivity contribution in [2.75, 3.05) is 10.8 Å². The highest BCUT2D eigenvalue weighted by molar-refractivity contribution is 7.92. The Morgan fingerprint density at radius 1 is 0.828 bits per heavy atom. The number of nitrogens with zero attached hydrogens (tertiary/aromatic N) is 1. The molecule has 8 heteroatoms. The van der Waals surface area contributed by atoms with Gasteiger partial charge in [0.1, 0.15) is 18.2 Å². The van der Waals surface area contributed by atoms with E-state index in [9.17, 15) is 22.0 Å². The molecule has 0 saturated carbocycles. The van der Waals surface area contributed by atoms with Crippen LogP contribution < -0.4 is 9.62 Å². The van der Waals surface area contributed by atoms with Gasteiger partial charge >= 0.3 is 0 Å². The number of benzene rings is 3. The first kappa shape index (κ1) is 20.5. The Hall–Kier alpha value is -3.26. The Morgan fingerprint density at radius 3 is 1.97 bits per heavy atom. The zero-order valence-corrected chi connectivity index (χ0v) is 16.1. The van der Waals surface area contributed by atoms with E-state index in [0.29, 0.717) is 0 Å². The summed E-state index contributed by atoms with van der Waals surface area (Å²) in [7, 11) is -4.18. The summed E-state index contributed by atoms with van der Waals surface area (Å²) in [6.45, 7) is -0.286. The number of rotatable bonds is 7. The van der Waals surface area contributed by atoms with Crippen molar-refractivity contribution in [2.24, 2.45) is 0 Å². The number of hydrogen-bond acceptors (Lipinski definition) is 3. The lowest BCUT2D eigenvalue weighted by atomic mass is 10.2. The summed E-state index contributed by atoms with van der Waals surface area (Å²) in [5.41, 5.74) is 0.973. The maximum atomic E-state index is 13.3. The zero-order valence-electron chi connectivity index (χ0n) is 15.3. The fourth-order valence-corrected chi connectivity index (χ4v) is 4.06. The van der Waals surface area contributed by atoms with Gasteiger partial charge in [0.05, 0.1) is 10.6 Å². The Bertz CT molecular complexity index is 1070. The second-order valence-electron chi connectivity index (χ2n) is 6.20. The third kappa shape index (κ3) is 5.17. The standard InChI is InChI=1S/C21H18F2N2O3S/c22-17-6-10-19(11-7-17)25(29(27,28)20-12-8-18(23)9-13-20)15-21(26)24-14-16-4-2-1-3-5-16/h1-13H,14-15H2,(H,24,26). The number of nitrogens with one attached hydrogen (secondary N) is 1. The van der Waals surface area contributed by atoms with E-state index in [-0.39, 0.29) is 17.1 Å². The number of carbonyl (C=O) groups is 1. The van der Waals surface area contributed by atoms with E-state index >= 15 is 0 Å². The van der Waals surface area contributed by atoms with Gasteiger partial charge in [0, 0.05) is 6.54 Å². The molecule has 5 nitrogen and oxygen atoms in total. The van der Waals surface area contributed by atoms with Crippen LogP contribution in [0.4, 0.5) is 14.5 Å². The molecule has 0 spiro atoms. The Kier molecular flexibility index (Phi) is 6.23. The Labute approximate surface area is 167 Å². The average Bonchev–Trinajstić information content (AvgIpc) is 2.72. The van der Waals surface area contributed by atoms with Gasteiger partial charge < -0.3 is 5.32 Å². The second-order valence-corrected chi connectivity index (χ2v) is 8.07. The van der Waals surface area contributed by atoms with Crippen LogP contribution in [0.2, 0.25) is 0 Å². The first-order chi connectivity index (χ1) is 13.9. The minimum absolute atomic E-state index is 0.116. The van der Waals surface area contributed by atoms with Gasteiger partial charge in [0.15, 0.2) is 0 Å². The molecule has 0 unspecified atom stereocenters. The molecule has 0 aliphatic carbocycles. The van der Waals surface area contributed by atoms with Crippen molar-refractivity contribution >= 4 is 21.6 Å². The molecule has 150 valence electrons. The van der Waals surface area contributed by atoms with Crippen molar-refractivity contribution in [2.45, 2.75) is 11.4 Å². The summed E-state index contributed by atoms with van der Waals surface area (Å²) in [5, 5.41) is 2.66. The summed E-state index contributed by atoms with van der Waals surface area (Å²) >= 11 is 0. The maximum Gasteiger partial charge on any atom is 0.264 e. The highest BCUT2D eigenvalue weighted by atomic mass is 32.2. The van der Waals surface area contributed by atoms with Crippen LogP contribution in [0.5, 0.6) is 0 Å². The summed E-state index contributed by atoms with van der Waals surface area (Å²) < 4.78 is 53.5. The molecule has 29 heavy (non-hydrogen) atoms. The van der Waals surface area contributed by atoms with Gasteiger partial charge in [0.25, 0.3) is 10.0 Å². The van der Waals surface area contributed by atoms with Gasteiger partial charge in [-0.2, -0.15) is 0 Å². The van der Waals surface area contributed by atoms with E-state index in [1.165, 1.54) is 12.1 Å². The third-order valence-electron chi connectivity index (χ3n) is 4.14. The van der Waals surface area contributed by atoms with Gasteiger partial charge in [0.2, 0.25) is 5.91 Å². The molecular weight excluding hydrogens is 398 g/mol. The third-order valence-corrected chi connectivity index (χ3v) is 5.92. The molecule has 0 aromatic heterocycles. The number of carbonyl (C=O) groups excluding carboxylic acids is 1. The lowest BCUT2D eigenvalue weighted by molar-refractivity contribution is -0.119. The van der Waals surface area contributed by atoms with E-state index in [0.717, 1.165) is 46.3 Å². The van der Waals surface area contributed by atoms with Gasteiger partial charge in [-0.25, -0.2) is 17.2 Å². The van der Waals surface area contributed by atoms with Gasteiger partial charge in [-0.3, -0.25) is 9.10 Å². The van der Waals surface area contributed by atoms with Crippen LogP contribution in [0.15, 0.2) is 83.8 Å². The van der Waals surface area contributed by atoms with E-state index in [1.807, 2.05) is 30.3 Å². The Morgan fingerprint density at radius 2 is 1.38 bits per heavy atom. The SMILES string of the molecule is O=C(CN(c1ccc(F)cc1)S(=O)(=O)c1ccc(F)cc1)NCc1ccccc1. The van der Waals surface area contributed by atoms with Gasteiger partial charge in [-0.1, -0.05) is 30.3 Å². The molecule has 1 amide bonds. The number of sulfonamides is 1. The van der Waals surface area contributed by atoms with Crippen molar-refractivity contribution < 1.29 is 22.0 Å². The molecule has 0 radical (unpaired) electrons. The Balaban J connectivity index is 1.86. The van der Waals surface area contributed by atoms with E-state index in [4.69, 9.17) is 0 Å². The number of halogens is 2. The van der Waals surface area contributed by atoms with Crippen LogP contribution in [0, 0.1) is 11.6 Å². The molecule has 3 rings (SSSR count). The first-order valence-corrected chi connectivity index (χ1v) is 10.1. The predicted molar refractivity (Wildman–Crippen MR) is 106 cm³/mol. The molecule has 0 saturated heterocycles. The lowest BCUT2D eigenvalue weighted by Gasteiger charge is -2.24. The minimum atomic E-state index is -4.18. The average molecular weight is 416 g/mol. The maximum absolute atomic E-state index is 13.3. The number of amides is 1. The van der Waals surface area contributed by atoms with Crippen molar-refractivity contribution in [3.8, 4) is 0 Å². The number of hydrogen-bond donors (Lipinski definition) is 1. The van der Waals surface area contributed by atoms with E-state index in [1.54, 1.807) is 0 Å². The molecule has 0 aliphatic heterocycles. The first-order valence-electron chi connectivity index (χ1n) is 8.71. The van der Waals surface area contributed by atoms with Crippen LogP contribution in [0.1, 0.15) is 5.56 Å². The van der Waals surface area contributed by atoms with E-state index < -0.39 is 34.1 Å². The fourth-order valence-electron chi connectivity index (χ4n) is 2.64. The minimum Gasteiger partial charge on any atom is -0.350 e. The molecule has 0 bridgehead atoms. The lowest BCUT2D eigenvalue weighted by Crippen LogP contribution is -2.40. The quantitative estimate of drug-likeness (QED) is 0.641. The van der Waals surface area contributed by atoms with Crippen LogP contribution in [-0.4, -0.2) is 20.9 Å². The van der Waals surface area contributed by atoms with Crippen molar-refractivity contribution in [1.29, 1.82) is 0 Å². The summed E-state index contributed by atoms with van der Waals surface area (Å²) in [6.07, 6.45) is 0. The topological polar surface area (TPSA) is 66.5 Å². The molecule has 3 aromatic carbocycles. The summed E-state index contributed by atoms with van der Waals surface area (Å²) in [4.78, 5) is 12.3. The van der Waals surface area contributed by atoms with Gasteiger partial charge in [-0.05, 0) is 54.1 Å². The molecule has 3 aromatic rings. The molecule has 0 atom stereocenters. The largest absolute Gasteiger partial charge is 0.350 e. The smallest absolute Gasteiger partial charge is 0.264 e. The molecule has 0 heterocycles. The fraction of sp³-hybridized carbons (Fsp3) is 0.0952.